The molecule has 4 rings (SSSR count). The van der Waals surface area contributed by atoms with Crippen LogP contribution in [0, 0.1) is 0 Å². The number of ether oxygens (including phenoxy) is 1. The van der Waals surface area contributed by atoms with E-state index >= 15 is 0 Å². The van der Waals surface area contributed by atoms with Crippen molar-refractivity contribution in [1.29, 1.82) is 0 Å². The first-order valence-electron chi connectivity index (χ1n) is 8.30. The van der Waals surface area contributed by atoms with Crippen LogP contribution in [-0.2, 0) is 13.5 Å². The number of aromatic nitrogens is 2. The number of rotatable bonds is 3. The molecule has 0 fully saturated rings. The van der Waals surface area contributed by atoms with Gasteiger partial charge in [-0.2, -0.15) is 5.10 Å². The summed E-state index contributed by atoms with van der Waals surface area (Å²) < 4.78 is 7.42. The number of amides is 1. The van der Waals surface area contributed by atoms with Gasteiger partial charge in [-0.1, -0.05) is 30.3 Å². The molecule has 3 aromatic rings. The number of benzene rings is 2. The van der Waals surface area contributed by atoms with Crippen LogP contribution >= 0.6 is 0 Å². The zero-order valence-corrected chi connectivity index (χ0v) is 14.2. The summed E-state index contributed by atoms with van der Waals surface area (Å²) >= 11 is 0. The molecule has 25 heavy (non-hydrogen) atoms. The highest BCUT2D eigenvalue weighted by molar-refractivity contribution is 6.03. The monoisotopic (exact) mass is 333 g/mol. The van der Waals surface area contributed by atoms with Crippen molar-refractivity contribution in [1.82, 2.24) is 9.78 Å². The minimum Gasteiger partial charge on any atom is -0.490 e. The second-order valence-electron chi connectivity index (χ2n) is 6.31. The third-order valence-corrected chi connectivity index (χ3v) is 4.34. The van der Waals surface area contributed by atoms with Crippen molar-refractivity contribution >= 4 is 11.6 Å². The fraction of sp³-hybridized carbons (Fsp3) is 0.200. The molecule has 0 radical (unpaired) electrons. The van der Waals surface area contributed by atoms with Crippen molar-refractivity contribution in [3.63, 3.8) is 0 Å². The van der Waals surface area contributed by atoms with Gasteiger partial charge in [0.25, 0.3) is 5.91 Å². The average Bonchev–Trinajstić information content (AvgIpc) is 3.17. The molecule has 1 N–H and O–H groups in total. The van der Waals surface area contributed by atoms with Gasteiger partial charge in [-0.25, -0.2) is 0 Å². The molecule has 2 aromatic carbocycles. The van der Waals surface area contributed by atoms with Gasteiger partial charge < -0.3 is 10.1 Å². The Balaban J connectivity index is 1.55. The van der Waals surface area contributed by atoms with E-state index in [0.29, 0.717) is 5.69 Å². The molecule has 2 heterocycles. The Hall–Kier alpha value is -3.08. The van der Waals surface area contributed by atoms with Crippen molar-refractivity contribution in [2.45, 2.75) is 19.4 Å². The molecule has 0 aliphatic carbocycles. The van der Waals surface area contributed by atoms with Crippen LogP contribution in [-0.4, -0.2) is 21.8 Å². The van der Waals surface area contributed by atoms with Crippen LogP contribution in [0.2, 0.25) is 0 Å². The quantitative estimate of drug-likeness (QED) is 0.796. The van der Waals surface area contributed by atoms with Crippen LogP contribution in [0.1, 0.15) is 23.0 Å². The fourth-order valence-electron chi connectivity index (χ4n) is 3.15. The molecule has 0 saturated heterocycles. The van der Waals surface area contributed by atoms with Gasteiger partial charge in [-0.05, 0) is 42.3 Å². The van der Waals surface area contributed by atoms with E-state index < -0.39 is 0 Å². The zero-order chi connectivity index (χ0) is 17.4. The number of nitrogens with one attached hydrogen (secondary N) is 1. The van der Waals surface area contributed by atoms with Gasteiger partial charge >= 0.3 is 0 Å². The number of fused-ring (bicyclic) bond motifs is 1. The van der Waals surface area contributed by atoms with Crippen molar-refractivity contribution in [3.8, 4) is 17.0 Å². The van der Waals surface area contributed by atoms with Crippen LogP contribution in [0.3, 0.4) is 0 Å². The van der Waals surface area contributed by atoms with Crippen LogP contribution in [0.4, 0.5) is 5.69 Å². The first kappa shape index (κ1) is 15.4. The lowest BCUT2D eigenvalue weighted by atomic mass is 10.1. The van der Waals surface area contributed by atoms with E-state index in [1.165, 1.54) is 0 Å². The van der Waals surface area contributed by atoms with Gasteiger partial charge in [0.1, 0.15) is 11.9 Å². The molecular weight excluding hydrogens is 314 g/mol. The molecule has 1 unspecified atom stereocenters. The van der Waals surface area contributed by atoms with Crippen molar-refractivity contribution < 1.29 is 9.53 Å². The summed E-state index contributed by atoms with van der Waals surface area (Å²) in [6, 6.07) is 17.4. The van der Waals surface area contributed by atoms with E-state index in [4.69, 9.17) is 4.74 Å². The smallest absolute Gasteiger partial charge is 0.276 e. The second kappa shape index (κ2) is 6.09. The topological polar surface area (TPSA) is 56.2 Å². The third-order valence-electron chi connectivity index (χ3n) is 4.34. The van der Waals surface area contributed by atoms with E-state index in [1.54, 1.807) is 4.68 Å². The Labute approximate surface area is 146 Å². The number of aryl methyl sites for hydroxylation is 1. The average molecular weight is 333 g/mol. The summed E-state index contributed by atoms with van der Waals surface area (Å²) in [4.78, 5) is 12.6. The third kappa shape index (κ3) is 3.01. The van der Waals surface area contributed by atoms with Gasteiger partial charge in [-0.3, -0.25) is 9.48 Å². The summed E-state index contributed by atoms with van der Waals surface area (Å²) in [5, 5.41) is 7.27. The highest BCUT2D eigenvalue weighted by Gasteiger charge is 2.20. The summed E-state index contributed by atoms with van der Waals surface area (Å²) in [5.74, 6) is 0.680. The lowest BCUT2D eigenvalue weighted by Crippen LogP contribution is -2.13. The lowest BCUT2D eigenvalue weighted by molar-refractivity contribution is 0.102. The van der Waals surface area contributed by atoms with Gasteiger partial charge in [0.15, 0.2) is 5.69 Å². The van der Waals surface area contributed by atoms with E-state index in [9.17, 15) is 4.79 Å². The number of carbonyl (C=O) groups excluding carboxylic acids is 1. The molecule has 5 nitrogen and oxygen atoms in total. The summed E-state index contributed by atoms with van der Waals surface area (Å²) in [5.41, 5.74) is 4.21. The fourth-order valence-corrected chi connectivity index (χ4v) is 3.15. The molecule has 0 bridgehead atoms. The Morgan fingerprint density at radius 3 is 2.80 bits per heavy atom. The molecule has 0 spiro atoms. The maximum absolute atomic E-state index is 12.6. The van der Waals surface area contributed by atoms with Gasteiger partial charge in [-0.15, -0.1) is 0 Å². The Morgan fingerprint density at radius 2 is 2.00 bits per heavy atom. The second-order valence-corrected chi connectivity index (χ2v) is 6.31. The minimum atomic E-state index is -0.218. The van der Waals surface area contributed by atoms with Crippen LogP contribution < -0.4 is 10.1 Å². The van der Waals surface area contributed by atoms with Gasteiger partial charge in [0.05, 0.1) is 5.69 Å². The van der Waals surface area contributed by atoms with Crippen LogP contribution in [0.5, 0.6) is 5.75 Å². The summed E-state index contributed by atoms with van der Waals surface area (Å²) in [6.45, 7) is 2.04. The zero-order valence-electron chi connectivity index (χ0n) is 14.2. The first-order valence-corrected chi connectivity index (χ1v) is 8.30. The normalized spacial score (nSPS) is 15.5. The Bertz CT molecular complexity index is 931. The largest absolute Gasteiger partial charge is 0.490 e. The van der Waals surface area contributed by atoms with Crippen molar-refractivity contribution in [2.24, 2.45) is 7.05 Å². The molecule has 5 heteroatoms. The molecule has 1 aliphatic rings. The predicted molar refractivity (Wildman–Crippen MR) is 96.8 cm³/mol. The Morgan fingerprint density at radius 1 is 1.20 bits per heavy atom. The number of nitrogens with zero attached hydrogens (tertiary/aromatic N) is 2. The maximum atomic E-state index is 12.6. The molecule has 126 valence electrons. The maximum Gasteiger partial charge on any atom is 0.276 e. The lowest BCUT2D eigenvalue weighted by Gasteiger charge is -2.05. The highest BCUT2D eigenvalue weighted by atomic mass is 16.5. The predicted octanol–water partition coefficient (Wildman–Crippen LogP) is 3.66. The molecule has 1 aromatic heterocycles. The standard InChI is InChI=1S/C20H19N3O2/c1-13-10-15-11-16(8-9-19(15)25-13)21-20(24)17-12-18(23(2)22-17)14-6-4-3-5-7-14/h3-9,11-13H,10H2,1-2H3,(H,21,24). The number of hydrogen-bond acceptors (Lipinski definition) is 3. The summed E-state index contributed by atoms with van der Waals surface area (Å²) in [7, 11) is 1.84. The molecule has 1 atom stereocenters. The SMILES string of the molecule is CC1Cc2cc(NC(=O)c3cc(-c4ccccc4)n(C)n3)ccc2O1. The highest BCUT2D eigenvalue weighted by Crippen LogP contribution is 2.31. The van der Waals surface area contributed by atoms with Crippen molar-refractivity contribution in [3.05, 3.63) is 65.9 Å². The molecular formula is C20H19N3O2. The number of carbonyl (C=O) groups is 1. The summed E-state index contributed by atoms with van der Waals surface area (Å²) in [6.07, 6.45) is 1.05. The van der Waals surface area contributed by atoms with E-state index in [1.807, 2.05) is 68.6 Å². The van der Waals surface area contributed by atoms with Gasteiger partial charge in [0.2, 0.25) is 0 Å². The molecule has 1 amide bonds. The van der Waals surface area contributed by atoms with E-state index in [0.717, 1.165) is 34.7 Å². The number of hydrogen-bond donors (Lipinski definition) is 1. The molecule has 1 aliphatic heterocycles. The van der Waals surface area contributed by atoms with Crippen LogP contribution in [0.25, 0.3) is 11.3 Å². The molecule has 0 saturated carbocycles. The Kier molecular flexibility index (Phi) is 3.76. The van der Waals surface area contributed by atoms with E-state index in [2.05, 4.69) is 10.4 Å². The first-order chi connectivity index (χ1) is 12.1. The van der Waals surface area contributed by atoms with Gasteiger partial charge in [0, 0.05) is 19.2 Å². The number of anilines is 1. The van der Waals surface area contributed by atoms with Crippen LogP contribution in [0.15, 0.2) is 54.6 Å². The van der Waals surface area contributed by atoms with Crippen molar-refractivity contribution in [2.75, 3.05) is 5.32 Å². The van der Waals surface area contributed by atoms with E-state index in [-0.39, 0.29) is 12.0 Å². The minimum absolute atomic E-state index is 0.185.